The summed E-state index contributed by atoms with van der Waals surface area (Å²) in [6.07, 6.45) is 0.547. The molecule has 0 radical (unpaired) electrons. The zero-order chi connectivity index (χ0) is 13.9. The van der Waals surface area contributed by atoms with Crippen LogP contribution in [0.2, 0.25) is 0 Å². The van der Waals surface area contributed by atoms with Gasteiger partial charge in [-0.1, -0.05) is 30.3 Å². The number of ether oxygens (including phenoxy) is 1. The highest BCUT2D eigenvalue weighted by Crippen LogP contribution is 1.98. The third-order valence-electron chi connectivity index (χ3n) is 2.46. The SMILES string of the molecule is CCOC(=O)NCCCC(=O)NCc1ccccc1. The fourth-order valence-corrected chi connectivity index (χ4v) is 1.51. The number of benzene rings is 1. The fraction of sp³-hybridized carbons (Fsp3) is 0.429. The Morgan fingerprint density at radius 1 is 1.16 bits per heavy atom. The maximum Gasteiger partial charge on any atom is 0.407 e. The lowest BCUT2D eigenvalue weighted by Crippen LogP contribution is -2.27. The first-order valence-electron chi connectivity index (χ1n) is 6.43. The van der Waals surface area contributed by atoms with Crippen molar-refractivity contribution in [3.8, 4) is 0 Å². The van der Waals surface area contributed by atoms with E-state index < -0.39 is 6.09 Å². The van der Waals surface area contributed by atoms with Crippen LogP contribution in [0.4, 0.5) is 4.79 Å². The maximum atomic E-state index is 11.5. The van der Waals surface area contributed by atoms with Gasteiger partial charge in [0.1, 0.15) is 0 Å². The summed E-state index contributed by atoms with van der Waals surface area (Å²) in [5.41, 5.74) is 1.07. The molecule has 0 heterocycles. The molecule has 0 aliphatic heterocycles. The Hall–Kier alpha value is -2.04. The molecule has 104 valence electrons. The number of carbonyl (C=O) groups is 2. The molecule has 1 aromatic carbocycles. The summed E-state index contributed by atoms with van der Waals surface area (Å²) < 4.78 is 4.70. The van der Waals surface area contributed by atoms with Crippen LogP contribution in [0.15, 0.2) is 30.3 Å². The van der Waals surface area contributed by atoms with E-state index in [9.17, 15) is 9.59 Å². The number of hydrogen-bond donors (Lipinski definition) is 2. The van der Waals surface area contributed by atoms with Crippen molar-refractivity contribution in [3.05, 3.63) is 35.9 Å². The molecule has 0 atom stereocenters. The Morgan fingerprint density at radius 2 is 1.89 bits per heavy atom. The Balaban J connectivity index is 2.07. The summed E-state index contributed by atoms with van der Waals surface area (Å²) >= 11 is 0. The lowest BCUT2D eigenvalue weighted by atomic mass is 10.2. The molecule has 0 spiro atoms. The van der Waals surface area contributed by atoms with Crippen molar-refractivity contribution in [2.45, 2.75) is 26.3 Å². The van der Waals surface area contributed by atoms with Crippen LogP contribution in [0.25, 0.3) is 0 Å². The van der Waals surface area contributed by atoms with Crippen LogP contribution in [-0.2, 0) is 16.1 Å². The van der Waals surface area contributed by atoms with Crippen LogP contribution in [0.5, 0.6) is 0 Å². The van der Waals surface area contributed by atoms with Crippen LogP contribution in [0.1, 0.15) is 25.3 Å². The summed E-state index contributed by atoms with van der Waals surface area (Å²) in [7, 11) is 0. The van der Waals surface area contributed by atoms with Gasteiger partial charge in [-0.3, -0.25) is 4.79 Å². The molecule has 0 aliphatic rings. The minimum atomic E-state index is -0.438. The van der Waals surface area contributed by atoms with E-state index in [1.54, 1.807) is 6.92 Å². The molecule has 2 N–H and O–H groups in total. The van der Waals surface area contributed by atoms with Crippen LogP contribution in [0, 0.1) is 0 Å². The van der Waals surface area contributed by atoms with Gasteiger partial charge in [0, 0.05) is 19.5 Å². The first kappa shape index (κ1) is 15.0. The van der Waals surface area contributed by atoms with E-state index in [1.165, 1.54) is 0 Å². The summed E-state index contributed by atoms with van der Waals surface area (Å²) in [5, 5.41) is 5.40. The zero-order valence-corrected chi connectivity index (χ0v) is 11.1. The smallest absolute Gasteiger partial charge is 0.407 e. The molecule has 19 heavy (non-hydrogen) atoms. The molecule has 0 unspecified atom stereocenters. The van der Waals surface area contributed by atoms with Gasteiger partial charge < -0.3 is 15.4 Å². The largest absolute Gasteiger partial charge is 0.450 e. The van der Waals surface area contributed by atoms with Crippen LogP contribution >= 0.6 is 0 Å². The average molecular weight is 264 g/mol. The van der Waals surface area contributed by atoms with Crippen molar-refractivity contribution in [2.24, 2.45) is 0 Å². The van der Waals surface area contributed by atoms with Gasteiger partial charge in [0.2, 0.25) is 5.91 Å². The van der Waals surface area contributed by atoms with E-state index in [0.29, 0.717) is 32.5 Å². The van der Waals surface area contributed by atoms with Crippen LogP contribution < -0.4 is 10.6 Å². The highest BCUT2D eigenvalue weighted by molar-refractivity contribution is 5.75. The predicted molar refractivity (Wildman–Crippen MR) is 72.5 cm³/mol. The molecule has 1 aromatic rings. The van der Waals surface area contributed by atoms with Gasteiger partial charge in [-0.15, -0.1) is 0 Å². The van der Waals surface area contributed by atoms with Gasteiger partial charge in [0.05, 0.1) is 6.61 Å². The molecular formula is C14H20N2O3. The standard InChI is InChI=1S/C14H20N2O3/c1-2-19-14(18)15-10-6-9-13(17)16-11-12-7-4-3-5-8-12/h3-5,7-8H,2,6,9-11H2,1H3,(H,15,18)(H,16,17). The van der Waals surface area contributed by atoms with Crippen molar-refractivity contribution >= 4 is 12.0 Å². The number of alkyl carbamates (subject to hydrolysis) is 1. The Kier molecular flexibility index (Phi) is 7.09. The van der Waals surface area contributed by atoms with Crippen molar-refractivity contribution in [1.82, 2.24) is 10.6 Å². The highest BCUT2D eigenvalue weighted by atomic mass is 16.5. The third-order valence-corrected chi connectivity index (χ3v) is 2.46. The molecule has 0 saturated heterocycles. The second-order valence-electron chi connectivity index (χ2n) is 4.01. The fourth-order valence-electron chi connectivity index (χ4n) is 1.51. The van der Waals surface area contributed by atoms with Gasteiger partial charge in [-0.05, 0) is 18.9 Å². The third kappa shape index (κ3) is 7.08. The zero-order valence-electron chi connectivity index (χ0n) is 11.1. The van der Waals surface area contributed by atoms with Gasteiger partial charge >= 0.3 is 6.09 Å². The van der Waals surface area contributed by atoms with E-state index >= 15 is 0 Å². The van der Waals surface area contributed by atoms with Crippen molar-refractivity contribution in [1.29, 1.82) is 0 Å². The molecular weight excluding hydrogens is 244 g/mol. The minimum absolute atomic E-state index is 0.0190. The summed E-state index contributed by atoms with van der Waals surface area (Å²) in [5.74, 6) is -0.0190. The van der Waals surface area contributed by atoms with E-state index in [0.717, 1.165) is 5.56 Å². The van der Waals surface area contributed by atoms with Crippen LogP contribution in [-0.4, -0.2) is 25.2 Å². The second kappa shape index (κ2) is 8.97. The molecule has 0 fully saturated rings. The van der Waals surface area contributed by atoms with Crippen molar-refractivity contribution in [3.63, 3.8) is 0 Å². The lowest BCUT2D eigenvalue weighted by molar-refractivity contribution is -0.121. The second-order valence-corrected chi connectivity index (χ2v) is 4.01. The topological polar surface area (TPSA) is 67.4 Å². The Labute approximate surface area is 113 Å². The van der Waals surface area contributed by atoms with Crippen molar-refractivity contribution < 1.29 is 14.3 Å². The monoisotopic (exact) mass is 264 g/mol. The first-order chi connectivity index (χ1) is 9.22. The number of nitrogens with one attached hydrogen (secondary N) is 2. The predicted octanol–water partition coefficient (Wildman–Crippen LogP) is 1.83. The highest BCUT2D eigenvalue weighted by Gasteiger charge is 2.03. The number of rotatable bonds is 7. The van der Waals surface area contributed by atoms with Gasteiger partial charge in [0.15, 0.2) is 0 Å². The van der Waals surface area contributed by atoms with E-state index in [1.807, 2.05) is 30.3 Å². The van der Waals surface area contributed by atoms with Gasteiger partial charge in [-0.2, -0.15) is 0 Å². The van der Waals surface area contributed by atoms with Gasteiger partial charge in [0.25, 0.3) is 0 Å². The first-order valence-corrected chi connectivity index (χ1v) is 6.43. The molecule has 0 bridgehead atoms. The van der Waals surface area contributed by atoms with Gasteiger partial charge in [-0.25, -0.2) is 4.79 Å². The Bertz CT molecular complexity index is 393. The quantitative estimate of drug-likeness (QED) is 0.738. The number of hydrogen-bond acceptors (Lipinski definition) is 3. The van der Waals surface area contributed by atoms with E-state index in [2.05, 4.69) is 10.6 Å². The summed E-state index contributed by atoms with van der Waals surface area (Å²) in [6, 6.07) is 9.73. The Morgan fingerprint density at radius 3 is 2.58 bits per heavy atom. The molecule has 0 aliphatic carbocycles. The average Bonchev–Trinajstić information content (AvgIpc) is 2.43. The molecule has 5 nitrogen and oxygen atoms in total. The normalized spacial score (nSPS) is 9.74. The molecule has 5 heteroatoms. The van der Waals surface area contributed by atoms with E-state index in [4.69, 9.17) is 4.74 Å². The molecule has 0 aromatic heterocycles. The number of carbonyl (C=O) groups excluding carboxylic acids is 2. The lowest BCUT2D eigenvalue weighted by Gasteiger charge is -2.06. The van der Waals surface area contributed by atoms with E-state index in [-0.39, 0.29) is 5.91 Å². The summed E-state index contributed by atoms with van der Waals surface area (Å²) in [6.45, 7) is 3.07. The molecule has 0 saturated carbocycles. The minimum Gasteiger partial charge on any atom is -0.450 e. The summed E-state index contributed by atoms with van der Waals surface area (Å²) in [4.78, 5) is 22.5. The number of amides is 2. The van der Waals surface area contributed by atoms with Crippen molar-refractivity contribution in [2.75, 3.05) is 13.2 Å². The molecule has 2 amide bonds. The maximum absolute atomic E-state index is 11.5. The molecule has 1 rings (SSSR count). The van der Waals surface area contributed by atoms with Crippen LogP contribution in [0.3, 0.4) is 0 Å².